The first-order valence-electron chi connectivity index (χ1n) is 5.21. The number of pyridine rings is 1. The molecule has 1 fully saturated rings. The molecule has 0 atom stereocenters. The average molecular weight is 277 g/mol. The Bertz CT molecular complexity index is 381. The van der Waals surface area contributed by atoms with Crippen molar-refractivity contribution in [3.8, 4) is 0 Å². The van der Waals surface area contributed by atoms with Crippen LogP contribution in [0.2, 0.25) is 0 Å². The molecule has 17 heavy (non-hydrogen) atoms. The van der Waals surface area contributed by atoms with Crippen molar-refractivity contribution in [2.45, 2.75) is 6.54 Å². The first-order chi connectivity index (χ1) is 7.75. The van der Waals surface area contributed by atoms with Crippen molar-refractivity contribution in [2.24, 2.45) is 0 Å². The van der Waals surface area contributed by atoms with Crippen LogP contribution >= 0.6 is 24.0 Å². The lowest BCUT2D eigenvalue weighted by Crippen LogP contribution is -2.35. The lowest BCUT2D eigenvalue weighted by molar-refractivity contribution is 0.0336. The molecule has 1 aliphatic heterocycles. The highest BCUT2D eigenvalue weighted by Gasteiger charge is 2.12. The monoisotopic (exact) mass is 276 g/mol. The summed E-state index contributed by atoms with van der Waals surface area (Å²) >= 11 is 5.38. The third-order valence-electron chi connectivity index (χ3n) is 2.50. The number of hydrogen-bond donors (Lipinski definition) is 0. The van der Waals surface area contributed by atoms with E-state index in [4.69, 9.17) is 16.3 Å². The number of hydrogen-bond acceptors (Lipinski definition) is 4. The topological polar surface area (TPSA) is 42.4 Å². The summed E-state index contributed by atoms with van der Waals surface area (Å²) in [5, 5.41) is -0.510. The molecule has 0 aromatic carbocycles. The zero-order valence-electron chi connectivity index (χ0n) is 9.26. The van der Waals surface area contributed by atoms with Gasteiger partial charge in [-0.1, -0.05) is 6.07 Å². The lowest BCUT2D eigenvalue weighted by Gasteiger charge is -2.26. The molecule has 0 N–H and O–H groups in total. The largest absolute Gasteiger partial charge is 0.379 e. The van der Waals surface area contributed by atoms with Crippen LogP contribution in [0.1, 0.15) is 16.2 Å². The molecule has 1 aromatic rings. The van der Waals surface area contributed by atoms with Gasteiger partial charge in [0.15, 0.2) is 0 Å². The molecule has 0 saturated carbocycles. The lowest BCUT2D eigenvalue weighted by atomic mass is 10.3. The highest BCUT2D eigenvalue weighted by molar-refractivity contribution is 6.67. The van der Waals surface area contributed by atoms with E-state index in [-0.39, 0.29) is 12.4 Å². The van der Waals surface area contributed by atoms with E-state index in [0.29, 0.717) is 5.69 Å². The standard InChI is InChI=1S/C11H13ClN2O2.ClH/c12-11(15)10-3-1-2-9(13-10)8-14-4-6-16-7-5-14;/h1-3H,4-8H2;1H. The minimum absolute atomic E-state index is 0. The minimum Gasteiger partial charge on any atom is -0.379 e. The van der Waals surface area contributed by atoms with E-state index in [1.54, 1.807) is 12.1 Å². The second kappa shape index (κ2) is 6.91. The molecule has 0 bridgehead atoms. The first kappa shape index (κ1) is 14.4. The molecule has 2 rings (SSSR count). The Balaban J connectivity index is 0.00000144. The van der Waals surface area contributed by atoms with Gasteiger partial charge in [-0.25, -0.2) is 4.98 Å². The molecule has 0 spiro atoms. The third-order valence-corrected chi connectivity index (χ3v) is 2.69. The Kier molecular flexibility index (Phi) is 5.85. The fourth-order valence-electron chi connectivity index (χ4n) is 1.67. The van der Waals surface area contributed by atoms with Gasteiger partial charge in [-0.2, -0.15) is 0 Å². The quantitative estimate of drug-likeness (QED) is 0.789. The molecule has 4 nitrogen and oxygen atoms in total. The van der Waals surface area contributed by atoms with E-state index in [9.17, 15) is 4.79 Å². The first-order valence-corrected chi connectivity index (χ1v) is 5.59. The van der Waals surface area contributed by atoms with Gasteiger partial charge in [-0.3, -0.25) is 9.69 Å². The summed E-state index contributed by atoms with van der Waals surface area (Å²) in [6, 6.07) is 5.33. The van der Waals surface area contributed by atoms with E-state index in [1.165, 1.54) is 0 Å². The molecule has 94 valence electrons. The van der Waals surface area contributed by atoms with Crippen molar-refractivity contribution in [3.05, 3.63) is 29.6 Å². The second-order valence-electron chi connectivity index (χ2n) is 3.68. The van der Waals surface area contributed by atoms with Crippen molar-refractivity contribution in [3.63, 3.8) is 0 Å². The van der Waals surface area contributed by atoms with E-state index >= 15 is 0 Å². The number of carbonyl (C=O) groups excluding carboxylic acids is 1. The maximum absolute atomic E-state index is 11.0. The summed E-state index contributed by atoms with van der Waals surface area (Å²) in [7, 11) is 0. The zero-order chi connectivity index (χ0) is 11.4. The highest BCUT2D eigenvalue weighted by atomic mass is 35.5. The van der Waals surface area contributed by atoms with Crippen LogP contribution in [0.3, 0.4) is 0 Å². The van der Waals surface area contributed by atoms with Crippen LogP contribution in [0, 0.1) is 0 Å². The van der Waals surface area contributed by atoms with Crippen LogP contribution in [0.25, 0.3) is 0 Å². The smallest absolute Gasteiger partial charge is 0.270 e. The zero-order valence-corrected chi connectivity index (χ0v) is 10.8. The number of carbonyl (C=O) groups is 1. The molecule has 2 heterocycles. The molecule has 0 radical (unpaired) electrons. The van der Waals surface area contributed by atoms with Crippen molar-refractivity contribution in [1.29, 1.82) is 0 Å². The Morgan fingerprint density at radius 2 is 2.12 bits per heavy atom. The highest BCUT2D eigenvalue weighted by Crippen LogP contribution is 2.07. The van der Waals surface area contributed by atoms with Crippen LogP contribution in [0.15, 0.2) is 18.2 Å². The van der Waals surface area contributed by atoms with Crippen molar-refractivity contribution < 1.29 is 9.53 Å². The summed E-state index contributed by atoms with van der Waals surface area (Å²) in [6.07, 6.45) is 0. The maximum Gasteiger partial charge on any atom is 0.270 e. The van der Waals surface area contributed by atoms with Gasteiger partial charge >= 0.3 is 0 Å². The number of ether oxygens (including phenoxy) is 1. The van der Waals surface area contributed by atoms with Crippen molar-refractivity contribution in [2.75, 3.05) is 26.3 Å². The van der Waals surface area contributed by atoms with Gasteiger partial charge in [0, 0.05) is 19.6 Å². The summed E-state index contributed by atoms with van der Waals surface area (Å²) < 4.78 is 5.26. The number of aromatic nitrogens is 1. The summed E-state index contributed by atoms with van der Waals surface area (Å²) in [5.41, 5.74) is 1.18. The SMILES string of the molecule is Cl.O=C(Cl)c1cccc(CN2CCOCC2)n1. The van der Waals surface area contributed by atoms with Crippen LogP contribution in [-0.2, 0) is 11.3 Å². The van der Waals surface area contributed by atoms with Crippen molar-refractivity contribution in [1.82, 2.24) is 9.88 Å². The summed E-state index contributed by atoms with van der Waals surface area (Å²) in [6.45, 7) is 4.06. The molecular formula is C11H14Cl2N2O2. The van der Waals surface area contributed by atoms with Gasteiger partial charge in [0.2, 0.25) is 0 Å². The van der Waals surface area contributed by atoms with Crippen molar-refractivity contribution >= 4 is 29.3 Å². The minimum atomic E-state index is -0.510. The van der Waals surface area contributed by atoms with Crippen LogP contribution < -0.4 is 0 Å². The normalized spacial score (nSPS) is 16.3. The average Bonchev–Trinajstić information content (AvgIpc) is 2.30. The molecule has 0 amide bonds. The van der Waals surface area contributed by atoms with E-state index < -0.39 is 5.24 Å². The molecule has 1 aromatic heterocycles. The maximum atomic E-state index is 11.0. The Hall–Kier alpha value is -0.680. The van der Waals surface area contributed by atoms with Crippen LogP contribution in [-0.4, -0.2) is 41.4 Å². The van der Waals surface area contributed by atoms with Crippen LogP contribution in [0.5, 0.6) is 0 Å². The number of rotatable bonds is 3. The predicted octanol–water partition coefficient (Wildman–Crippen LogP) is 1.71. The van der Waals surface area contributed by atoms with Gasteiger partial charge < -0.3 is 4.74 Å². The van der Waals surface area contributed by atoms with E-state index in [2.05, 4.69) is 9.88 Å². The molecule has 6 heteroatoms. The Labute approximate surface area is 111 Å². The number of nitrogens with zero attached hydrogens (tertiary/aromatic N) is 2. The fourth-order valence-corrected chi connectivity index (χ4v) is 1.77. The number of morpholine rings is 1. The molecule has 0 aliphatic carbocycles. The van der Waals surface area contributed by atoms with Gasteiger partial charge in [0.25, 0.3) is 5.24 Å². The summed E-state index contributed by atoms with van der Waals surface area (Å²) in [4.78, 5) is 17.4. The molecule has 1 aliphatic rings. The van der Waals surface area contributed by atoms with Gasteiger partial charge in [0.05, 0.1) is 18.9 Å². The number of halogens is 2. The summed E-state index contributed by atoms with van der Waals surface area (Å²) in [5.74, 6) is 0. The van der Waals surface area contributed by atoms with E-state index in [0.717, 1.165) is 38.5 Å². The molecule has 0 unspecified atom stereocenters. The van der Waals surface area contributed by atoms with Gasteiger partial charge in [-0.15, -0.1) is 12.4 Å². The molecule has 1 saturated heterocycles. The van der Waals surface area contributed by atoms with Gasteiger partial charge in [0.1, 0.15) is 5.69 Å². The third kappa shape index (κ3) is 4.24. The Morgan fingerprint density at radius 3 is 2.76 bits per heavy atom. The predicted molar refractivity (Wildman–Crippen MR) is 67.8 cm³/mol. The fraction of sp³-hybridized carbons (Fsp3) is 0.455. The Morgan fingerprint density at radius 1 is 1.41 bits per heavy atom. The molecular weight excluding hydrogens is 263 g/mol. The van der Waals surface area contributed by atoms with E-state index in [1.807, 2.05) is 6.07 Å². The van der Waals surface area contributed by atoms with Gasteiger partial charge in [-0.05, 0) is 23.7 Å². The second-order valence-corrected chi connectivity index (χ2v) is 4.02. The van der Waals surface area contributed by atoms with Crippen LogP contribution in [0.4, 0.5) is 0 Å².